The van der Waals surface area contributed by atoms with Crippen LogP contribution >= 0.6 is 0 Å². The van der Waals surface area contributed by atoms with Gasteiger partial charge in [-0.3, -0.25) is 4.79 Å². The van der Waals surface area contributed by atoms with E-state index >= 15 is 0 Å². The number of hydrogen-bond donors (Lipinski definition) is 0. The number of rotatable bonds is 3. The first-order valence-corrected chi connectivity index (χ1v) is 5.25. The molecular weight excluding hydrogens is 200 g/mol. The third-order valence-corrected chi connectivity index (χ3v) is 2.66. The molecule has 15 heavy (non-hydrogen) atoms. The van der Waals surface area contributed by atoms with E-state index in [1.54, 1.807) is 6.92 Å². The molecule has 0 aromatic carbocycles. The smallest absolute Gasteiger partial charge is 0.247 e. The average Bonchev–Trinajstić information content (AvgIpc) is 2.19. The van der Waals surface area contributed by atoms with Crippen LogP contribution in [-0.4, -0.2) is 30.3 Å². The van der Waals surface area contributed by atoms with Crippen molar-refractivity contribution in [3.8, 4) is 0 Å². The van der Waals surface area contributed by atoms with Gasteiger partial charge in [0, 0.05) is 13.1 Å². The monoisotopic (exact) mass is 219 g/mol. The number of likely N-dealkylation sites (tertiary alicyclic amines) is 1. The van der Waals surface area contributed by atoms with E-state index in [0.29, 0.717) is 6.42 Å². The van der Waals surface area contributed by atoms with E-state index in [2.05, 4.69) is 6.58 Å². The summed E-state index contributed by atoms with van der Waals surface area (Å²) in [7, 11) is 0. The van der Waals surface area contributed by atoms with Crippen LogP contribution in [0.25, 0.3) is 0 Å². The minimum atomic E-state index is -2.34. The maximum Gasteiger partial charge on any atom is 0.247 e. The second-order valence-electron chi connectivity index (χ2n) is 3.42. The van der Waals surface area contributed by atoms with Crippen LogP contribution in [0.4, 0.5) is 8.78 Å². The summed E-state index contributed by atoms with van der Waals surface area (Å²) in [4.78, 5) is 12.4. The zero-order valence-electron chi connectivity index (χ0n) is 9.59. The largest absolute Gasteiger partial charge is 0.337 e. The van der Waals surface area contributed by atoms with Gasteiger partial charge in [0.1, 0.15) is 0 Å². The highest BCUT2D eigenvalue weighted by Gasteiger charge is 2.49. The third-order valence-electron chi connectivity index (χ3n) is 2.66. The topological polar surface area (TPSA) is 20.3 Å². The van der Waals surface area contributed by atoms with Crippen molar-refractivity contribution >= 4 is 5.91 Å². The van der Waals surface area contributed by atoms with E-state index < -0.39 is 11.8 Å². The highest BCUT2D eigenvalue weighted by atomic mass is 19.3. The van der Waals surface area contributed by atoms with E-state index in [9.17, 15) is 13.6 Å². The molecule has 0 aromatic heterocycles. The van der Waals surface area contributed by atoms with Gasteiger partial charge >= 0.3 is 0 Å². The minimum Gasteiger partial charge on any atom is -0.337 e. The van der Waals surface area contributed by atoms with Crippen molar-refractivity contribution in [2.75, 3.05) is 13.1 Å². The molecule has 1 saturated heterocycles. The van der Waals surface area contributed by atoms with Gasteiger partial charge in [0.25, 0.3) is 0 Å². The normalized spacial score (nSPS) is 17.6. The molecule has 1 heterocycles. The number of hydrogen-bond acceptors (Lipinski definition) is 1. The van der Waals surface area contributed by atoms with Gasteiger partial charge in [-0.1, -0.05) is 27.4 Å². The molecule has 1 amide bonds. The van der Waals surface area contributed by atoms with Crippen LogP contribution < -0.4 is 0 Å². The van der Waals surface area contributed by atoms with Crippen LogP contribution in [0.3, 0.4) is 0 Å². The van der Waals surface area contributed by atoms with Crippen molar-refractivity contribution in [2.24, 2.45) is 5.41 Å². The summed E-state index contributed by atoms with van der Waals surface area (Å²) in [6.07, 6.45) is -0.775. The first-order valence-electron chi connectivity index (χ1n) is 5.25. The predicted molar refractivity (Wildman–Crippen MR) is 56.9 cm³/mol. The molecule has 2 nitrogen and oxygen atoms in total. The molecule has 0 saturated carbocycles. The van der Waals surface area contributed by atoms with Crippen molar-refractivity contribution < 1.29 is 13.6 Å². The molecule has 1 aliphatic heterocycles. The summed E-state index contributed by atoms with van der Waals surface area (Å²) in [6.45, 7) is 9.34. The summed E-state index contributed by atoms with van der Waals surface area (Å²) < 4.78 is 25.0. The van der Waals surface area contributed by atoms with Gasteiger partial charge in [-0.15, -0.1) is 0 Å². The van der Waals surface area contributed by atoms with E-state index in [4.69, 9.17) is 0 Å². The van der Waals surface area contributed by atoms with Crippen molar-refractivity contribution in [3.05, 3.63) is 12.7 Å². The maximum atomic E-state index is 12.5. The molecule has 4 heteroatoms. The highest BCUT2D eigenvalue weighted by Crippen LogP contribution is 2.39. The minimum absolute atomic E-state index is 0.159. The number of amides is 1. The third kappa shape index (κ3) is 2.76. The van der Waals surface area contributed by atoms with E-state index in [1.807, 2.05) is 13.8 Å². The molecule has 0 bridgehead atoms. The van der Waals surface area contributed by atoms with Crippen molar-refractivity contribution in [3.63, 3.8) is 0 Å². The first-order chi connectivity index (χ1) is 7.05. The molecular formula is C11H19F2NO. The lowest BCUT2D eigenvalue weighted by molar-refractivity contribution is -0.153. The molecule has 0 radical (unpaired) electrons. The Morgan fingerprint density at radius 2 is 2.00 bits per heavy atom. The van der Waals surface area contributed by atoms with Crippen molar-refractivity contribution in [2.45, 2.75) is 33.6 Å². The fourth-order valence-electron chi connectivity index (χ4n) is 1.51. The summed E-state index contributed by atoms with van der Waals surface area (Å²) in [6, 6.07) is 0. The van der Waals surface area contributed by atoms with Gasteiger partial charge in [-0.2, -0.15) is 0 Å². The molecule has 1 aliphatic rings. The lowest BCUT2D eigenvalue weighted by Gasteiger charge is -2.48. The van der Waals surface area contributed by atoms with Gasteiger partial charge in [-0.05, 0) is 12.5 Å². The Morgan fingerprint density at radius 1 is 1.53 bits per heavy atom. The standard InChI is InChI=1S/C9H13F2NO.C2H6/c1-3-7(13)12-5-9(4-2,6-12)8(10)11;1-2/h3,8H,1,4-6H2,2H3;1-2H3. The Balaban J connectivity index is 0.000000921. The molecule has 0 aliphatic carbocycles. The van der Waals surface area contributed by atoms with Crippen LogP contribution in [0.2, 0.25) is 0 Å². The first kappa shape index (κ1) is 14.1. The summed E-state index contributed by atoms with van der Waals surface area (Å²) in [5.74, 6) is -0.260. The predicted octanol–water partition coefficient (Wildman–Crippen LogP) is 2.70. The van der Waals surface area contributed by atoms with E-state index in [-0.39, 0.29) is 19.0 Å². The SMILES string of the molecule is C=CC(=O)N1CC(CC)(C(F)F)C1.CC. The zero-order chi connectivity index (χ0) is 12.1. The number of halogens is 2. The van der Waals surface area contributed by atoms with Gasteiger partial charge in [0.2, 0.25) is 12.3 Å². The molecule has 0 unspecified atom stereocenters. The quantitative estimate of drug-likeness (QED) is 0.668. The fourth-order valence-corrected chi connectivity index (χ4v) is 1.51. The second kappa shape index (κ2) is 5.83. The number of nitrogens with zero attached hydrogens (tertiary/aromatic N) is 1. The zero-order valence-corrected chi connectivity index (χ0v) is 9.59. The summed E-state index contributed by atoms with van der Waals surface area (Å²) in [5.41, 5.74) is -0.960. The number of carbonyl (C=O) groups excluding carboxylic acids is 1. The summed E-state index contributed by atoms with van der Waals surface area (Å²) in [5, 5.41) is 0. The number of alkyl halides is 2. The average molecular weight is 219 g/mol. The Hall–Kier alpha value is -0.930. The number of carbonyl (C=O) groups is 1. The van der Waals surface area contributed by atoms with Crippen LogP contribution in [0.15, 0.2) is 12.7 Å². The molecule has 1 rings (SSSR count). The van der Waals surface area contributed by atoms with Gasteiger partial charge in [0.05, 0.1) is 5.41 Å². The molecule has 1 fully saturated rings. The van der Waals surface area contributed by atoms with Crippen molar-refractivity contribution in [1.29, 1.82) is 0 Å². The van der Waals surface area contributed by atoms with E-state index in [0.717, 1.165) is 6.08 Å². The maximum absolute atomic E-state index is 12.5. The Morgan fingerprint density at radius 3 is 2.27 bits per heavy atom. The molecule has 0 aromatic rings. The lowest BCUT2D eigenvalue weighted by atomic mass is 9.77. The lowest BCUT2D eigenvalue weighted by Crippen LogP contribution is -2.61. The van der Waals surface area contributed by atoms with Crippen LogP contribution in [0.5, 0.6) is 0 Å². The van der Waals surface area contributed by atoms with Crippen molar-refractivity contribution in [1.82, 2.24) is 4.90 Å². The molecule has 0 atom stereocenters. The van der Waals surface area contributed by atoms with Crippen LogP contribution in [-0.2, 0) is 4.79 Å². The fraction of sp³-hybridized carbons (Fsp3) is 0.727. The molecule has 0 N–H and O–H groups in total. The van der Waals surface area contributed by atoms with Gasteiger partial charge in [0.15, 0.2) is 0 Å². The van der Waals surface area contributed by atoms with E-state index in [1.165, 1.54) is 4.90 Å². The highest BCUT2D eigenvalue weighted by molar-refractivity contribution is 5.87. The van der Waals surface area contributed by atoms with Crippen LogP contribution in [0, 0.1) is 5.41 Å². The Kier molecular flexibility index (Phi) is 5.47. The van der Waals surface area contributed by atoms with Gasteiger partial charge in [-0.25, -0.2) is 8.78 Å². The Bertz CT molecular complexity index is 223. The summed E-state index contributed by atoms with van der Waals surface area (Å²) >= 11 is 0. The van der Waals surface area contributed by atoms with Gasteiger partial charge < -0.3 is 4.90 Å². The van der Waals surface area contributed by atoms with Crippen LogP contribution in [0.1, 0.15) is 27.2 Å². The second-order valence-corrected chi connectivity index (χ2v) is 3.42. The Labute approximate surface area is 90.0 Å². The molecule has 88 valence electrons. The molecule has 0 spiro atoms.